The van der Waals surface area contributed by atoms with Gasteiger partial charge in [0.05, 0.1) is 5.56 Å². The molecule has 8 heteroatoms. The first-order valence-corrected chi connectivity index (χ1v) is 9.95. The van der Waals surface area contributed by atoms with E-state index in [4.69, 9.17) is 0 Å². The van der Waals surface area contributed by atoms with Crippen molar-refractivity contribution in [2.24, 2.45) is 0 Å². The van der Waals surface area contributed by atoms with Gasteiger partial charge in [-0.3, -0.25) is 9.69 Å². The van der Waals surface area contributed by atoms with Gasteiger partial charge in [0.15, 0.2) is 5.03 Å². The third-order valence-electron chi connectivity index (χ3n) is 4.47. The number of hydrogen-bond acceptors (Lipinski definition) is 5. The Hall–Kier alpha value is -2.29. The minimum absolute atomic E-state index is 0.108. The van der Waals surface area contributed by atoms with Gasteiger partial charge in [0, 0.05) is 32.4 Å². The fourth-order valence-corrected chi connectivity index (χ4v) is 3.60. The molecule has 0 bridgehead atoms. The van der Waals surface area contributed by atoms with Gasteiger partial charge >= 0.3 is 0 Å². The van der Waals surface area contributed by atoms with Gasteiger partial charge in [-0.25, -0.2) is 18.1 Å². The van der Waals surface area contributed by atoms with E-state index in [0.29, 0.717) is 12.1 Å². The molecule has 0 unspecified atom stereocenters. The molecule has 0 spiro atoms. The van der Waals surface area contributed by atoms with E-state index in [1.807, 2.05) is 0 Å². The molecule has 2 aromatic rings. The van der Waals surface area contributed by atoms with E-state index in [-0.39, 0.29) is 10.9 Å². The number of carbonyl (C=O) groups excluding carboxylic acids is 1. The van der Waals surface area contributed by atoms with Gasteiger partial charge in [-0.2, -0.15) is 0 Å². The van der Waals surface area contributed by atoms with Crippen LogP contribution in [0.3, 0.4) is 0 Å². The SMILES string of the molecule is CNS(=O)(=O)c1ccc(C(=O)NCCN2CCc3ccccc3C2)cn1. The summed E-state index contributed by atoms with van der Waals surface area (Å²) < 4.78 is 25.5. The first-order valence-electron chi connectivity index (χ1n) is 8.46. The predicted octanol–water partition coefficient (Wildman–Crippen LogP) is 0.778. The molecule has 2 heterocycles. The quantitative estimate of drug-likeness (QED) is 0.780. The van der Waals surface area contributed by atoms with E-state index >= 15 is 0 Å². The van der Waals surface area contributed by atoms with Crippen LogP contribution in [0.1, 0.15) is 21.5 Å². The minimum atomic E-state index is -3.60. The summed E-state index contributed by atoms with van der Waals surface area (Å²) in [7, 11) is -2.28. The number of amides is 1. The Kier molecular flexibility index (Phi) is 5.65. The van der Waals surface area contributed by atoms with Crippen LogP contribution < -0.4 is 10.0 Å². The van der Waals surface area contributed by atoms with E-state index in [2.05, 4.69) is 44.2 Å². The predicted molar refractivity (Wildman–Crippen MR) is 98.2 cm³/mol. The number of nitrogens with zero attached hydrogens (tertiary/aromatic N) is 2. The topological polar surface area (TPSA) is 91.4 Å². The minimum Gasteiger partial charge on any atom is -0.351 e. The van der Waals surface area contributed by atoms with Crippen LogP contribution in [-0.2, 0) is 23.0 Å². The molecule has 1 aliphatic rings. The number of nitrogens with one attached hydrogen (secondary N) is 2. The summed E-state index contributed by atoms with van der Waals surface area (Å²) in [4.78, 5) is 18.3. The van der Waals surface area contributed by atoms with E-state index in [1.165, 1.54) is 36.5 Å². The maximum Gasteiger partial charge on any atom is 0.257 e. The molecule has 0 saturated heterocycles. The Labute approximate surface area is 153 Å². The molecule has 26 heavy (non-hydrogen) atoms. The highest BCUT2D eigenvalue weighted by molar-refractivity contribution is 7.89. The average molecular weight is 374 g/mol. The molecule has 0 aliphatic carbocycles. The lowest BCUT2D eigenvalue weighted by molar-refractivity contribution is 0.0946. The first-order chi connectivity index (χ1) is 12.5. The van der Waals surface area contributed by atoms with E-state index < -0.39 is 10.0 Å². The highest BCUT2D eigenvalue weighted by Gasteiger charge is 2.16. The molecule has 1 aromatic heterocycles. The standard InChI is InChI=1S/C18H22N4O3S/c1-19-26(24,25)17-7-6-15(12-21-17)18(23)20-9-11-22-10-8-14-4-2-3-5-16(14)13-22/h2-7,12,19H,8-11,13H2,1H3,(H,20,23). The van der Waals surface area contributed by atoms with Gasteiger partial charge in [-0.05, 0) is 36.7 Å². The van der Waals surface area contributed by atoms with Crippen LogP contribution in [0.5, 0.6) is 0 Å². The third kappa shape index (κ3) is 4.27. The van der Waals surface area contributed by atoms with Crippen molar-refractivity contribution in [1.29, 1.82) is 0 Å². The van der Waals surface area contributed by atoms with Crippen LogP contribution in [0, 0.1) is 0 Å². The van der Waals surface area contributed by atoms with Crippen molar-refractivity contribution in [3.05, 3.63) is 59.3 Å². The molecule has 3 rings (SSSR count). The number of sulfonamides is 1. The lowest BCUT2D eigenvalue weighted by Gasteiger charge is -2.28. The molecule has 7 nitrogen and oxygen atoms in total. The molecule has 0 saturated carbocycles. The van der Waals surface area contributed by atoms with E-state index in [0.717, 1.165) is 26.1 Å². The number of pyridine rings is 1. The number of aromatic nitrogens is 1. The fraction of sp³-hybridized carbons (Fsp3) is 0.333. The molecule has 0 fully saturated rings. The highest BCUT2D eigenvalue weighted by Crippen LogP contribution is 2.17. The zero-order valence-electron chi connectivity index (χ0n) is 14.6. The Morgan fingerprint density at radius 3 is 2.65 bits per heavy atom. The van der Waals surface area contributed by atoms with Crippen LogP contribution in [0.25, 0.3) is 0 Å². The van der Waals surface area contributed by atoms with Crippen LogP contribution >= 0.6 is 0 Å². The maximum atomic E-state index is 12.2. The lowest BCUT2D eigenvalue weighted by atomic mass is 10.00. The van der Waals surface area contributed by atoms with E-state index in [9.17, 15) is 13.2 Å². The van der Waals surface area contributed by atoms with Crippen LogP contribution in [0.2, 0.25) is 0 Å². The number of benzene rings is 1. The van der Waals surface area contributed by atoms with Crippen molar-refractivity contribution in [1.82, 2.24) is 19.9 Å². The van der Waals surface area contributed by atoms with Crippen LogP contribution in [-0.4, -0.2) is 50.9 Å². The maximum absolute atomic E-state index is 12.2. The number of rotatable bonds is 6. The van der Waals surface area contributed by atoms with Gasteiger partial charge < -0.3 is 5.32 Å². The molecular formula is C18H22N4O3S. The van der Waals surface area contributed by atoms with Crippen molar-refractivity contribution in [3.63, 3.8) is 0 Å². The molecule has 1 aliphatic heterocycles. The van der Waals surface area contributed by atoms with Gasteiger partial charge in [0.1, 0.15) is 0 Å². The molecule has 1 aromatic carbocycles. The van der Waals surface area contributed by atoms with Gasteiger partial charge in [-0.15, -0.1) is 0 Å². The van der Waals surface area contributed by atoms with Crippen molar-refractivity contribution in [2.45, 2.75) is 18.0 Å². The molecule has 0 atom stereocenters. The summed E-state index contributed by atoms with van der Waals surface area (Å²) in [6.45, 7) is 3.16. The third-order valence-corrected chi connectivity index (χ3v) is 5.80. The number of hydrogen-bond donors (Lipinski definition) is 2. The average Bonchev–Trinajstić information content (AvgIpc) is 2.68. The number of fused-ring (bicyclic) bond motifs is 1. The van der Waals surface area contributed by atoms with Crippen molar-refractivity contribution in [2.75, 3.05) is 26.7 Å². The van der Waals surface area contributed by atoms with Crippen LogP contribution in [0.4, 0.5) is 0 Å². The molecular weight excluding hydrogens is 352 g/mol. The molecule has 2 N–H and O–H groups in total. The van der Waals surface area contributed by atoms with Crippen molar-refractivity contribution < 1.29 is 13.2 Å². The van der Waals surface area contributed by atoms with Crippen LogP contribution in [0.15, 0.2) is 47.6 Å². The highest BCUT2D eigenvalue weighted by atomic mass is 32.2. The molecule has 138 valence electrons. The summed E-state index contributed by atoms with van der Waals surface area (Å²) in [5, 5.41) is 2.75. The van der Waals surface area contributed by atoms with Crippen molar-refractivity contribution >= 4 is 15.9 Å². The second-order valence-corrected chi connectivity index (χ2v) is 7.98. The van der Waals surface area contributed by atoms with Gasteiger partial charge in [0.2, 0.25) is 0 Å². The molecule has 1 amide bonds. The number of carbonyl (C=O) groups is 1. The summed E-state index contributed by atoms with van der Waals surface area (Å²) >= 11 is 0. The smallest absolute Gasteiger partial charge is 0.257 e. The zero-order valence-corrected chi connectivity index (χ0v) is 15.4. The second kappa shape index (κ2) is 7.94. The zero-order chi connectivity index (χ0) is 18.6. The Balaban J connectivity index is 1.50. The van der Waals surface area contributed by atoms with Crippen molar-refractivity contribution in [3.8, 4) is 0 Å². The largest absolute Gasteiger partial charge is 0.351 e. The molecule has 0 radical (unpaired) electrons. The van der Waals surface area contributed by atoms with E-state index in [1.54, 1.807) is 0 Å². The summed E-state index contributed by atoms with van der Waals surface area (Å²) in [6.07, 6.45) is 2.30. The van der Waals surface area contributed by atoms with Gasteiger partial charge in [0.25, 0.3) is 15.9 Å². The second-order valence-electron chi connectivity index (χ2n) is 6.14. The Bertz CT molecular complexity index is 882. The Morgan fingerprint density at radius 2 is 1.96 bits per heavy atom. The summed E-state index contributed by atoms with van der Waals surface area (Å²) in [5.41, 5.74) is 3.08. The summed E-state index contributed by atoms with van der Waals surface area (Å²) in [5.74, 6) is -0.261. The summed E-state index contributed by atoms with van der Waals surface area (Å²) in [6, 6.07) is 11.2. The Morgan fingerprint density at radius 1 is 1.19 bits per heavy atom. The fourth-order valence-electron chi connectivity index (χ4n) is 2.95. The lowest BCUT2D eigenvalue weighted by Crippen LogP contribution is -2.37. The normalized spacial score (nSPS) is 14.7. The monoisotopic (exact) mass is 374 g/mol. The first kappa shape index (κ1) is 18.5. The van der Waals surface area contributed by atoms with Gasteiger partial charge in [-0.1, -0.05) is 24.3 Å².